The summed E-state index contributed by atoms with van der Waals surface area (Å²) in [4.78, 5) is 12.9. The maximum absolute atomic E-state index is 15.0. The van der Waals surface area contributed by atoms with Gasteiger partial charge in [0.2, 0.25) is 0 Å². The van der Waals surface area contributed by atoms with E-state index in [0.29, 0.717) is 17.6 Å². The first-order chi connectivity index (χ1) is 14.7. The molecule has 0 aromatic heterocycles. The average molecular weight is 443 g/mol. The van der Waals surface area contributed by atoms with Gasteiger partial charge in [0.05, 0.1) is 23.4 Å². The first-order valence-electron chi connectivity index (χ1n) is 10.7. The summed E-state index contributed by atoms with van der Waals surface area (Å²) in [5.74, 6) is -1.87. The maximum atomic E-state index is 15.0. The van der Waals surface area contributed by atoms with E-state index in [1.54, 1.807) is 13.0 Å². The normalized spacial score (nSPS) is 20.1. The van der Waals surface area contributed by atoms with E-state index in [0.717, 1.165) is 5.56 Å². The highest BCUT2D eigenvalue weighted by atomic mass is 19.1. The molecule has 4 rings (SSSR count). The fourth-order valence-corrected chi connectivity index (χ4v) is 3.97. The van der Waals surface area contributed by atoms with Gasteiger partial charge in [-0.3, -0.25) is 4.79 Å². The van der Waals surface area contributed by atoms with Gasteiger partial charge in [-0.15, -0.1) is 0 Å². The van der Waals surface area contributed by atoms with Crippen molar-refractivity contribution in [2.45, 2.75) is 65.1 Å². The highest BCUT2D eigenvalue weighted by Gasteiger charge is 2.52. The second-order valence-corrected chi connectivity index (χ2v) is 10.2. The molecule has 8 heteroatoms. The van der Waals surface area contributed by atoms with Crippen LogP contribution in [0.3, 0.4) is 0 Å². The number of nitrogens with one attached hydrogen (secondary N) is 1. The molecule has 0 atom stereocenters. The number of carbonyl (C=O) groups excluding carboxylic acids is 1. The quantitative estimate of drug-likeness (QED) is 0.711. The average Bonchev–Trinajstić information content (AvgIpc) is 3.10. The van der Waals surface area contributed by atoms with Gasteiger partial charge >= 0.3 is 7.12 Å². The Morgan fingerprint density at radius 1 is 1.03 bits per heavy atom. The molecular weight excluding hydrogens is 415 g/mol. The summed E-state index contributed by atoms with van der Waals surface area (Å²) in [5, 5.41) is 2.64. The summed E-state index contributed by atoms with van der Waals surface area (Å²) in [6.07, 6.45) is 0. The van der Waals surface area contributed by atoms with Crippen LogP contribution in [0.1, 0.15) is 63.0 Å². The van der Waals surface area contributed by atoms with Crippen molar-refractivity contribution in [1.82, 2.24) is 0 Å². The van der Waals surface area contributed by atoms with Gasteiger partial charge in [-0.1, -0.05) is 19.9 Å². The third kappa shape index (κ3) is 3.59. The van der Waals surface area contributed by atoms with Crippen LogP contribution >= 0.6 is 0 Å². The molecule has 1 N–H and O–H groups in total. The van der Waals surface area contributed by atoms with Crippen LogP contribution in [0.2, 0.25) is 0 Å². The molecule has 2 aliphatic rings. The standard InChI is InChI=1S/C24H28BF2NO4/c1-13-17(25-31-23(4,5)24(6,7)32-25)10-14(26)11-18(13)28-21(29)15-8-9-16-20(19(15)27)30-12-22(16,2)3/h8-11H,12H2,1-7H3,(H,28,29). The van der Waals surface area contributed by atoms with Gasteiger partial charge in [0.25, 0.3) is 5.91 Å². The van der Waals surface area contributed by atoms with E-state index in [2.05, 4.69) is 5.32 Å². The lowest BCUT2D eigenvalue weighted by Gasteiger charge is -2.32. The van der Waals surface area contributed by atoms with Crippen molar-refractivity contribution in [3.8, 4) is 5.75 Å². The molecule has 2 aromatic rings. The summed E-state index contributed by atoms with van der Waals surface area (Å²) in [7, 11) is -0.793. The number of anilines is 1. The lowest BCUT2D eigenvalue weighted by atomic mass is 9.75. The van der Waals surface area contributed by atoms with Crippen molar-refractivity contribution in [2.75, 3.05) is 11.9 Å². The van der Waals surface area contributed by atoms with E-state index in [-0.39, 0.29) is 22.4 Å². The van der Waals surface area contributed by atoms with Crippen LogP contribution in [0.25, 0.3) is 0 Å². The topological polar surface area (TPSA) is 56.8 Å². The first kappa shape index (κ1) is 22.7. The van der Waals surface area contributed by atoms with Crippen LogP contribution in [0.4, 0.5) is 14.5 Å². The van der Waals surface area contributed by atoms with E-state index < -0.39 is 35.9 Å². The van der Waals surface area contributed by atoms with Crippen molar-refractivity contribution < 1.29 is 27.6 Å². The van der Waals surface area contributed by atoms with Gasteiger partial charge in [0.1, 0.15) is 5.82 Å². The molecule has 0 unspecified atom stereocenters. The number of hydrogen-bond donors (Lipinski definition) is 1. The number of rotatable bonds is 3. The summed E-state index contributed by atoms with van der Waals surface area (Å²) < 4.78 is 47.1. The van der Waals surface area contributed by atoms with Crippen LogP contribution < -0.4 is 15.5 Å². The molecular formula is C24H28BF2NO4. The van der Waals surface area contributed by atoms with Gasteiger partial charge in [-0.25, -0.2) is 8.78 Å². The monoisotopic (exact) mass is 443 g/mol. The number of ether oxygens (including phenoxy) is 1. The summed E-state index contributed by atoms with van der Waals surface area (Å²) >= 11 is 0. The number of hydrogen-bond acceptors (Lipinski definition) is 4. The maximum Gasteiger partial charge on any atom is 0.495 e. The molecule has 0 aliphatic carbocycles. The Hall–Kier alpha value is -2.45. The Bertz CT molecular complexity index is 1100. The largest absolute Gasteiger partial charge is 0.495 e. The van der Waals surface area contributed by atoms with Crippen molar-refractivity contribution >= 4 is 24.2 Å². The zero-order valence-corrected chi connectivity index (χ0v) is 19.5. The number of benzene rings is 2. The zero-order chi connectivity index (χ0) is 23.6. The minimum atomic E-state index is -0.793. The Morgan fingerprint density at radius 3 is 2.28 bits per heavy atom. The van der Waals surface area contributed by atoms with Gasteiger partial charge < -0.3 is 19.4 Å². The molecule has 1 fully saturated rings. The third-order valence-electron chi connectivity index (χ3n) is 6.82. The fraction of sp³-hybridized carbons (Fsp3) is 0.458. The van der Waals surface area contributed by atoms with Crippen LogP contribution in [0, 0.1) is 18.6 Å². The van der Waals surface area contributed by atoms with Crippen molar-refractivity contribution in [3.63, 3.8) is 0 Å². The van der Waals surface area contributed by atoms with Crippen molar-refractivity contribution in [1.29, 1.82) is 0 Å². The summed E-state index contributed by atoms with van der Waals surface area (Å²) in [6.45, 7) is 13.6. The van der Waals surface area contributed by atoms with E-state index in [4.69, 9.17) is 14.0 Å². The van der Waals surface area contributed by atoms with Crippen LogP contribution in [-0.4, -0.2) is 30.8 Å². The smallest absolute Gasteiger partial charge is 0.489 e. The molecule has 1 amide bonds. The number of fused-ring (bicyclic) bond motifs is 1. The highest BCUT2D eigenvalue weighted by Crippen LogP contribution is 2.41. The van der Waals surface area contributed by atoms with E-state index >= 15 is 4.39 Å². The Kier molecular flexibility index (Phi) is 5.18. The number of halogens is 2. The van der Waals surface area contributed by atoms with Gasteiger partial charge in [-0.05, 0) is 63.8 Å². The number of carbonyl (C=O) groups is 1. The zero-order valence-electron chi connectivity index (χ0n) is 19.5. The molecule has 0 radical (unpaired) electrons. The molecule has 32 heavy (non-hydrogen) atoms. The van der Waals surface area contributed by atoms with Crippen LogP contribution in [-0.2, 0) is 14.7 Å². The summed E-state index contributed by atoms with van der Waals surface area (Å²) in [5.41, 5.74) is 0.306. The van der Waals surface area contributed by atoms with Crippen LogP contribution in [0.5, 0.6) is 5.75 Å². The molecule has 0 bridgehead atoms. The second kappa shape index (κ2) is 7.28. The molecule has 0 saturated carbocycles. The molecule has 1 saturated heterocycles. The van der Waals surface area contributed by atoms with E-state index in [9.17, 15) is 9.18 Å². The number of amides is 1. The summed E-state index contributed by atoms with van der Waals surface area (Å²) in [6, 6.07) is 5.67. The predicted octanol–water partition coefficient (Wildman–Crippen LogP) is 4.49. The Labute approximate surface area is 187 Å². The second-order valence-electron chi connectivity index (χ2n) is 10.2. The molecule has 170 valence electrons. The highest BCUT2D eigenvalue weighted by molar-refractivity contribution is 6.62. The lowest BCUT2D eigenvalue weighted by Crippen LogP contribution is -2.41. The van der Waals surface area contributed by atoms with Crippen molar-refractivity contribution in [3.05, 3.63) is 52.6 Å². The Balaban J connectivity index is 1.65. The predicted molar refractivity (Wildman–Crippen MR) is 120 cm³/mol. The molecule has 2 heterocycles. The lowest BCUT2D eigenvalue weighted by molar-refractivity contribution is 0.00578. The van der Waals surface area contributed by atoms with Crippen molar-refractivity contribution in [2.24, 2.45) is 0 Å². The Morgan fingerprint density at radius 2 is 1.66 bits per heavy atom. The van der Waals surface area contributed by atoms with E-state index in [1.165, 1.54) is 18.2 Å². The first-order valence-corrected chi connectivity index (χ1v) is 10.7. The molecule has 0 spiro atoms. The van der Waals surface area contributed by atoms with Gasteiger partial charge in [-0.2, -0.15) is 0 Å². The van der Waals surface area contributed by atoms with Gasteiger partial charge in [0.15, 0.2) is 11.6 Å². The molecule has 5 nitrogen and oxygen atoms in total. The molecule has 2 aliphatic heterocycles. The fourth-order valence-electron chi connectivity index (χ4n) is 3.97. The minimum absolute atomic E-state index is 0.0940. The van der Waals surface area contributed by atoms with E-state index in [1.807, 2.05) is 41.5 Å². The third-order valence-corrected chi connectivity index (χ3v) is 6.82. The molecule has 2 aromatic carbocycles. The SMILES string of the molecule is Cc1c(NC(=O)c2ccc3c(c2F)OCC3(C)C)cc(F)cc1B1OC(C)(C)C(C)(C)O1. The van der Waals surface area contributed by atoms with Gasteiger partial charge in [0, 0.05) is 16.7 Å². The minimum Gasteiger partial charge on any atom is -0.489 e. The van der Waals surface area contributed by atoms with Crippen LogP contribution in [0.15, 0.2) is 24.3 Å².